The van der Waals surface area contributed by atoms with Crippen LogP contribution in [0.15, 0.2) is 29.4 Å². The van der Waals surface area contributed by atoms with E-state index in [0.717, 1.165) is 12.1 Å². The molecule has 1 aromatic carbocycles. The van der Waals surface area contributed by atoms with Gasteiger partial charge in [-0.15, -0.1) is 0 Å². The Morgan fingerprint density at radius 3 is 2.17 bits per heavy atom. The van der Waals surface area contributed by atoms with Crippen molar-refractivity contribution in [3.8, 4) is 0 Å². The number of rotatable bonds is 7. The summed E-state index contributed by atoms with van der Waals surface area (Å²) in [4.78, 5) is 29.1. The molecule has 0 heterocycles. The fraction of sp³-hybridized carbons (Fsp3) is 0.222. The minimum Gasteiger partial charge on any atom is -0.364 e. The van der Waals surface area contributed by atoms with E-state index in [1.165, 1.54) is 12.1 Å². The maximum absolute atomic E-state index is 10.9. The van der Waals surface area contributed by atoms with Crippen molar-refractivity contribution in [2.45, 2.75) is 11.0 Å². The predicted molar refractivity (Wildman–Crippen MR) is 80.4 cm³/mol. The van der Waals surface area contributed by atoms with Gasteiger partial charge < -0.3 is 5.73 Å². The van der Waals surface area contributed by atoms with E-state index < -0.39 is 31.8 Å². The fourth-order valence-electron chi connectivity index (χ4n) is 1.50. The van der Waals surface area contributed by atoms with E-state index in [-0.39, 0.29) is 5.69 Å². The van der Waals surface area contributed by atoms with Crippen molar-refractivity contribution >= 4 is 27.6 Å². The number of halogens is 1. The van der Waals surface area contributed by atoms with Gasteiger partial charge in [0, 0.05) is 17.1 Å². The van der Waals surface area contributed by atoms with Crippen LogP contribution in [0.4, 0.5) is 5.69 Å². The molecule has 0 aromatic heterocycles. The number of alkyl halides is 1. The zero-order chi connectivity index (χ0) is 17.6. The monoisotopic (exact) mass is 391 g/mol. The largest absolute Gasteiger partial charge is 0.364 e. The molecule has 0 aliphatic rings. The summed E-state index contributed by atoms with van der Waals surface area (Å²) < 4.78 is 0. The van der Waals surface area contributed by atoms with Gasteiger partial charge in [-0.3, -0.25) is 25.7 Å². The maximum Gasteiger partial charge on any atom is 0.286 e. The van der Waals surface area contributed by atoms with Gasteiger partial charge in [0.1, 0.15) is 11.1 Å². The Kier molecular flexibility index (Phi) is 6.28. The van der Waals surface area contributed by atoms with Gasteiger partial charge in [0.05, 0.1) is 4.92 Å². The van der Waals surface area contributed by atoms with Crippen LogP contribution in [0.5, 0.6) is 0 Å². The topological polar surface area (TPSA) is 192 Å². The molecule has 14 heteroatoms. The van der Waals surface area contributed by atoms with Crippen LogP contribution in [-0.4, -0.2) is 25.8 Å². The SMILES string of the molecule is NC(=N[N+](=O)[O-])NNC(c1ccc([N+](=O)[O-])cc1)C(Br)[N+](=O)[O-]. The second kappa shape index (κ2) is 7.95. The molecule has 0 aliphatic carbocycles. The van der Waals surface area contributed by atoms with Crippen LogP contribution < -0.4 is 16.6 Å². The number of hydrazine groups is 1. The van der Waals surface area contributed by atoms with E-state index in [9.17, 15) is 30.3 Å². The van der Waals surface area contributed by atoms with Gasteiger partial charge in [-0.25, -0.2) is 15.5 Å². The van der Waals surface area contributed by atoms with Crippen molar-refractivity contribution in [3.05, 3.63) is 60.2 Å². The third-order valence-electron chi connectivity index (χ3n) is 2.48. The van der Waals surface area contributed by atoms with E-state index >= 15 is 0 Å². The molecule has 0 radical (unpaired) electrons. The molecular formula is C9H10BrN7O6. The average molecular weight is 392 g/mol. The zero-order valence-electron chi connectivity index (χ0n) is 11.2. The number of hydrogen-bond acceptors (Lipinski definition) is 7. The van der Waals surface area contributed by atoms with Crippen molar-refractivity contribution in [2.24, 2.45) is 10.8 Å². The highest BCUT2D eigenvalue weighted by Crippen LogP contribution is 2.24. The molecule has 0 saturated heterocycles. The molecular weight excluding hydrogens is 382 g/mol. The number of nitro benzene ring substituents is 1. The molecule has 1 rings (SSSR count). The number of guanidine groups is 1. The summed E-state index contributed by atoms with van der Waals surface area (Å²) in [5.41, 5.74) is 9.87. The first-order valence-electron chi connectivity index (χ1n) is 5.74. The highest BCUT2D eigenvalue weighted by Gasteiger charge is 2.30. The van der Waals surface area contributed by atoms with Crippen LogP contribution in [-0.2, 0) is 0 Å². The van der Waals surface area contributed by atoms with Crippen LogP contribution in [0.2, 0.25) is 0 Å². The molecule has 2 atom stereocenters. The molecule has 0 aliphatic heterocycles. The predicted octanol–water partition coefficient (Wildman–Crippen LogP) is 0.234. The number of nitrogens with one attached hydrogen (secondary N) is 2. The number of hydrazone groups is 1. The minimum atomic E-state index is -1.35. The first kappa shape index (κ1) is 18.2. The molecule has 0 fully saturated rings. The minimum absolute atomic E-state index is 0.192. The molecule has 1 aromatic rings. The standard InChI is InChI=1S/C9H10BrN7O6/c10-8(16(20)21)7(12-13-9(11)14-17(22)23)5-1-3-6(4-2-5)15(18)19/h1-4,7-8,12H,(H3,11,13,14). The number of nitrogens with zero attached hydrogens (tertiary/aromatic N) is 4. The van der Waals surface area contributed by atoms with Crippen molar-refractivity contribution in [1.82, 2.24) is 10.9 Å². The Balaban J connectivity index is 2.98. The summed E-state index contributed by atoms with van der Waals surface area (Å²) in [6.45, 7) is 0. The molecule has 13 nitrogen and oxygen atoms in total. The summed E-state index contributed by atoms with van der Waals surface area (Å²) in [5.74, 6) is -0.620. The van der Waals surface area contributed by atoms with Crippen molar-refractivity contribution in [1.29, 1.82) is 0 Å². The van der Waals surface area contributed by atoms with Gasteiger partial charge in [-0.05, 0) is 21.5 Å². The molecule has 0 spiro atoms. The summed E-state index contributed by atoms with van der Waals surface area (Å²) in [6.07, 6.45) is 0. The van der Waals surface area contributed by atoms with Crippen molar-refractivity contribution < 1.29 is 14.9 Å². The van der Waals surface area contributed by atoms with E-state index in [0.29, 0.717) is 5.56 Å². The number of nitrogens with two attached hydrogens (primary N) is 1. The lowest BCUT2D eigenvalue weighted by Gasteiger charge is -2.19. The van der Waals surface area contributed by atoms with E-state index in [4.69, 9.17) is 5.73 Å². The van der Waals surface area contributed by atoms with E-state index in [1.807, 2.05) is 0 Å². The van der Waals surface area contributed by atoms with Crippen molar-refractivity contribution in [3.63, 3.8) is 0 Å². The van der Waals surface area contributed by atoms with Gasteiger partial charge in [-0.1, -0.05) is 12.1 Å². The number of nitro groups is 3. The third kappa shape index (κ3) is 5.44. The molecule has 2 unspecified atom stereocenters. The lowest BCUT2D eigenvalue weighted by molar-refractivity contribution is -0.498. The number of non-ortho nitro benzene ring substituents is 1. The fourth-order valence-corrected chi connectivity index (χ4v) is 1.94. The Labute approximate surface area is 136 Å². The van der Waals surface area contributed by atoms with Gasteiger partial charge in [0.25, 0.3) is 16.6 Å². The summed E-state index contributed by atoms with van der Waals surface area (Å²) in [6, 6.07) is 3.88. The quantitative estimate of drug-likeness (QED) is 0.145. The van der Waals surface area contributed by atoms with Crippen LogP contribution >= 0.6 is 15.9 Å². The second-order valence-corrected chi connectivity index (χ2v) is 4.91. The molecule has 4 N–H and O–H groups in total. The Morgan fingerprint density at radius 2 is 1.74 bits per heavy atom. The maximum atomic E-state index is 10.9. The highest BCUT2D eigenvalue weighted by atomic mass is 79.9. The molecule has 0 amide bonds. The third-order valence-corrected chi connectivity index (χ3v) is 3.35. The van der Waals surface area contributed by atoms with Crippen LogP contribution in [0.1, 0.15) is 11.6 Å². The molecule has 0 saturated carbocycles. The first-order chi connectivity index (χ1) is 10.7. The lowest BCUT2D eigenvalue weighted by atomic mass is 10.1. The van der Waals surface area contributed by atoms with Crippen LogP contribution in [0.3, 0.4) is 0 Å². The van der Waals surface area contributed by atoms with Gasteiger partial charge >= 0.3 is 0 Å². The first-order valence-corrected chi connectivity index (χ1v) is 6.66. The smallest absolute Gasteiger partial charge is 0.286 e. The number of hydrogen-bond donors (Lipinski definition) is 3. The zero-order valence-corrected chi connectivity index (χ0v) is 12.7. The van der Waals surface area contributed by atoms with Gasteiger partial charge in [-0.2, -0.15) is 0 Å². The highest BCUT2D eigenvalue weighted by molar-refractivity contribution is 9.09. The Bertz CT molecular complexity index is 636. The normalized spacial score (nSPS) is 13.9. The molecule has 124 valence electrons. The van der Waals surface area contributed by atoms with Crippen LogP contribution in [0.25, 0.3) is 0 Å². The Morgan fingerprint density at radius 1 is 1.17 bits per heavy atom. The summed E-state index contributed by atoms with van der Waals surface area (Å²) in [5, 5.41) is 33.4. The number of benzene rings is 1. The van der Waals surface area contributed by atoms with Gasteiger partial charge in [0.15, 0.2) is 5.03 Å². The van der Waals surface area contributed by atoms with Crippen LogP contribution in [0, 0.1) is 30.3 Å². The van der Waals surface area contributed by atoms with Crippen molar-refractivity contribution in [2.75, 3.05) is 0 Å². The Hall–Kier alpha value is -2.87. The molecule has 0 bridgehead atoms. The average Bonchev–Trinajstić information content (AvgIpc) is 2.46. The second-order valence-electron chi connectivity index (χ2n) is 3.98. The molecule has 23 heavy (non-hydrogen) atoms. The summed E-state index contributed by atoms with van der Waals surface area (Å²) >= 11 is 2.84. The lowest BCUT2D eigenvalue weighted by Crippen LogP contribution is -2.48. The summed E-state index contributed by atoms with van der Waals surface area (Å²) in [7, 11) is 0. The van der Waals surface area contributed by atoms with E-state index in [1.54, 1.807) is 0 Å². The van der Waals surface area contributed by atoms with Gasteiger partial charge in [0.2, 0.25) is 0 Å². The van der Waals surface area contributed by atoms with E-state index in [2.05, 4.69) is 31.9 Å².